The van der Waals surface area contributed by atoms with Gasteiger partial charge in [0.1, 0.15) is 0 Å². The largest absolute Gasteiger partial charge is 0.361 e. The van der Waals surface area contributed by atoms with Crippen LogP contribution in [0.25, 0.3) is 27.8 Å². The van der Waals surface area contributed by atoms with E-state index >= 15 is 0 Å². The molecule has 0 amide bonds. The fourth-order valence-electron chi connectivity index (χ4n) is 4.27. The van der Waals surface area contributed by atoms with Crippen molar-refractivity contribution in [3.8, 4) is 16.9 Å². The summed E-state index contributed by atoms with van der Waals surface area (Å²) in [6.45, 7) is 4.63. The number of benzene rings is 3. The molecule has 164 valence electrons. The first kappa shape index (κ1) is 20.8. The first-order valence-corrected chi connectivity index (χ1v) is 11.2. The van der Waals surface area contributed by atoms with Crippen LogP contribution in [0.4, 0.5) is 0 Å². The highest BCUT2D eigenvalue weighted by atomic mass is 16.1. The van der Waals surface area contributed by atoms with E-state index in [1.165, 1.54) is 16.5 Å². The van der Waals surface area contributed by atoms with Crippen molar-refractivity contribution in [3.05, 3.63) is 112 Å². The smallest absolute Gasteiger partial charge is 0.280 e. The van der Waals surface area contributed by atoms with Gasteiger partial charge < -0.3 is 4.98 Å². The van der Waals surface area contributed by atoms with E-state index in [0.717, 1.165) is 34.6 Å². The standard InChI is InChI=1S/C28H26N4O/c1-19-13-14-25-24(17-19)22(18-30-25)15-16-29-20(2)26-27(21-9-5-3-6-10-21)31-32(28(26)33)23-11-7-4-8-12-23/h3-14,17-18,30-31H,15-16H2,1-2H3. The molecule has 33 heavy (non-hydrogen) atoms. The normalized spacial score (nSPS) is 11.9. The summed E-state index contributed by atoms with van der Waals surface area (Å²) >= 11 is 0. The molecule has 5 rings (SSSR count). The average molecular weight is 435 g/mol. The van der Waals surface area contributed by atoms with Crippen molar-refractivity contribution in [3.63, 3.8) is 0 Å². The van der Waals surface area contributed by atoms with Gasteiger partial charge in [-0.15, -0.1) is 0 Å². The molecular weight excluding hydrogens is 408 g/mol. The third-order valence-corrected chi connectivity index (χ3v) is 5.98. The molecule has 0 aliphatic heterocycles. The SMILES string of the molecule is CC(=NCCc1c[nH]c2ccc(C)cc12)c1c(-c2ccccc2)[nH]n(-c2ccccc2)c1=O. The molecule has 2 aromatic heterocycles. The monoisotopic (exact) mass is 434 g/mol. The molecule has 5 nitrogen and oxygen atoms in total. The minimum Gasteiger partial charge on any atom is -0.361 e. The van der Waals surface area contributed by atoms with Gasteiger partial charge in [0, 0.05) is 34.9 Å². The van der Waals surface area contributed by atoms with E-state index in [1.807, 2.05) is 67.6 Å². The Kier molecular flexibility index (Phi) is 5.53. The number of hydrogen-bond acceptors (Lipinski definition) is 2. The first-order valence-electron chi connectivity index (χ1n) is 11.2. The lowest BCUT2D eigenvalue weighted by molar-refractivity contribution is 0.852. The lowest BCUT2D eigenvalue weighted by atomic mass is 10.1. The van der Waals surface area contributed by atoms with Gasteiger partial charge in [-0.3, -0.25) is 14.9 Å². The summed E-state index contributed by atoms with van der Waals surface area (Å²) in [6.07, 6.45) is 2.86. The molecule has 0 spiro atoms. The number of nitrogens with one attached hydrogen (secondary N) is 2. The maximum Gasteiger partial charge on any atom is 0.280 e. The zero-order valence-corrected chi connectivity index (χ0v) is 18.8. The van der Waals surface area contributed by atoms with Crippen LogP contribution in [-0.4, -0.2) is 27.0 Å². The fraction of sp³-hybridized carbons (Fsp3) is 0.143. The van der Waals surface area contributed by atoms with E-state index in [4.69, 9.17) is 4.99 Å². The number of aryl methyl sites for hydroxylation is 1. The number of aliphatic imine (C=N–C) groups is 1. The van der Waals surface area contributed by atoms with E-state index < -0.39 is 0 Å². The zero-order chi connectivity index (χ0) is 22.8. The molecule has 3 aromatic carbocycles. The highest BCUT2D eigenvalue weighted by Gasteiger charge is 2.19. The Hall–Kier alpha value is -4.12. The van der Waals surface area contributed by atoms with Gasteiger partial charge in [-0.2, -0.15) is 0 Å². The number of fused-ring (bicyclic) bond motifs is 1. The number of H-pyrrole nitrogens is 2. The number of nitrogens with zero attached hydrogens (tertiary/aromatic N) is 2. The summed E-state index contributed by atoms with van der Waals surface area (Å²) in [4.78, 5) is 21.6. The van der Waals surface area contributed by atoms with Crippen LogP contribution in [0.1, 0.15) is 23.6 Å². The van der Waals surface area contributed by atoms with Crippen LogP contribution in [-0.2, 0) is 6.42 Å². The average Bonchev–Trinajstić information content (AvgIpc) is 3.40. The van der Waals surface area contributed by atoms with Crippen LogP contribution < -0.4 is 5.56 Å². The van der Waals surface area contributed by atoms with E-state index in [-0.39, 0.29) is 5.56 Å². The molecule has 0 aliphatic carbocycles. The predicted molar refractivity (Wildman–Crippen MR) is 136 cm³/mol. The van der Waals surface area contributed by atoms with Crippen LogP contribution in [0.15, 0.2) is 94.8 Å². The molecule has 0 unspecified atom stereocenters. The molecule has 0 saturated carbocycles. The molecule has 2 N–H and O–H groups in total. The van der Waals surface area contributed by atoms with Crippen molar-refractivity contribution in [1.82, 2.24) is 14.8 Å². The second-order valence-electron chi connectivity index (χ2n) is 8.28. The maximum atomic E-state index is 13.5. The van der Waals surface area contributed by atoms with Crippen LogP contribution in [0, 0.1) is 6.92 Å². The van der Waals surface area contributed by atoms with Crippen LogP contribution in [0.2, 0.25) is 0 Å². The van der Waals surface area contributed by atoms with Gasteiger partial charge in [-0.1, -0.05) is 60.2 Å². The second-order valence-corrected chi connectivity index (χ2v) is 8.28. The Morgan fingerprint density at radius 2 is 1.70 bits per heavy atom. The number of aromatic nitrogens is 3. The lowest BCUT2D eigenvalue weighted by Gasteiger charge is -2.03. The van der Waals surface area contributed by atoms with Gasteiger partial charge >= 0.3 is 0 Å². The minimum atomic E-state index is -0.0935. The molecule has 0 saturated heterocycles. The van der Waals surface area contributed by atoms with Crippen LogP contribution >= 0.6 is 0 Å². The second kappa shape index (κ2) is 8.79. The van der Waals surface area contributed by atoms with Gasteiger partial charge in [0.2, 0.25) is 0 Å². The van der Waals surface area contributed by atoms with Crippen LogP contribution in [0.3, 0.4) is 0 Å². The van der Waals surface area contributed by atoms with Crippen molar-refractivity contribution in [2.45, 2.75) is 20.3 Å². The van der Waals surface area contributed by atoms with Gasteiger partial charge in [-0.05, 0) is 50.1 Å². The van der Waals surface area contributed by atoms with Gasteiger partial charge in [0.05, 0.1) is 16.9 Å². The summed E-state index contributed by atoms with van der Waals surface area (Å²) in [5.41, 5.74) is 7.42. The molecule has 0 radical (unpaired) electrons. The molecule has 0 bridgehead atoms. The Morgan fingerprint density at radius 3 is 2.45 bits per heavy atom. The summed E-state index contributed by atoms with van der Waals surface area (Å²) in [5.74, 6) is 0. The highest BCUT2D eigenvalue weighted by Crippen LogP contribution is 2.22. The number of para-hydroxylation sites is 1. The van der Waals surface area contributed by atoms with Gasteiger partial charge in [0.25, 0.3) is 5.56 Å². The molecule has 0 atom stereocenters. The Balaban J connectivity index is 1.50. The van der Waals surface area contributed by atoms with E-state index in [9.17, 15) is 4.79 Å². The van der Waals surface area contributed by atoms with Crippen molar-refractivity contribution >= 4 is 16.6 Å². The van der Waals surface area contributed by atoms with E-state index in [2.05, 4.69) is 41.4 Å². The lowest BCUT2D eigenvalue weighted by Crippen LogP contribution is -2.19. The molecule has 0 aliphatic rings. The maximum absolute atomic E-state index is 13.5. The number of rotatable bonds is 6. The minimum absolute atomic E-state index is 0.0935. The Morgan fingerprint density at radius 1 is 0.970 bits per heavy atom. The number of aromatic amines is 2. The molecule has 5 heteroatoms. The topological polar surface area (TPSA) is 65.9 Å². The van der Waals surface area contributed by atoms with Crippen molar-refractivity contribution in [2.24, 2.45) is 4.99 Å². The van der Waals surface area contributed by atoms with E-state index in [0.29, 0.717) is 12.1 Å². The third kappa shape index (κ3) is 4.05. The summed E-state index contributed by atoms with van der Waals surface area (Å²) in [7, 11) is 0. The van der Waals surface area contributed by atoms with Crippen molar-refractivity contribution in [1.29, 1.82) is 0 Å². The predicted octanol–water partition coefficient (Wildman–Crippen LogP) is 5.67. The molecule has 2 heterocycles. The summed E-state index contributed by atoms with van der Waals surface area (Å²) in [5, 5.41) is 4.55. The highest BCUT2D eigenvalue weighted by molar-refractivity contribution is 6.03. The third-order valence-electron chi connectivity index (χ3n) is 5.98. The van der Waals surface area contributed by atoms with Crippen molar-refractivity contribution < 1.29 is 0 Å². The van der Waals surface area contributed by atoms with Crippen LogP contribution in [0.5, 0.6) is 0 Å². The molecule has 5 aromatic rings. The van der Waals surface area contributed by atoms with Gasteiger partial charge in [-0.25, -0.2) is 4.68 Å². The van der Waals surface area contributed by atoms with E-state index in [1.54, 1.807) is 4.68 Å². The quantitative estimate of drug-likeness (QED) is 0.332. The Labute approximate surface area is 192 Å². The number of hydrogen-bond donors (Lipinski definition) is 2. The molecular formula is C28H26N4O. The molecule has 0 fully saturated rings. The Bertz CT molecular complexity index is 1490. The summed E-state index contributed by atoms with van der Waals surface area (Å²) in [6, 6.07) is 26.0. The zero-order valence-electron chi connectivity index (χ0n) is 18.8. The van der Waals surface area contributed by atoms with Gasteiger partial charge in [0.15, 0.2) is 0 Å². The summed E-state index contributed by atoms with van der Waals surface area (Å²) < 4.78 is 1.60. The van der Waals surface area contributed by atoms with Crippen molar-refractivity contribution in [2.75, 3.05) is 6.54 Å². The fourth-order valence-corrected chi connectivity index (χ4v) is 4.27. The first-order chi connectivity index (χ1) is 16.1.